The standard InChI is InChI=1S/C8H18N6.2ClHO/c1-5(7(9)10)3-13-14-4-6(2)8(11)12;2*1-2/h5-6H,3-4H2,1-2H3,(H3,9,10)(H3,11,12);2*2H. The minimum atomic E-state index is -0.0774. The first-order valence-corrected chi connectivity index (χ1v) is 5.47. The largest absolute Gasteiger partial charge is 0.387 e. The van der Waals surface area contributed by atoms with Crippen LogP contribution in [0, 0.1) is 22.7 Å². The summed E-state index contributed by atoms with van der Waals surface area (Å²) in [5.41, 5.74) is 10.5. The second-order valence-electron chi connectivity index (χ2n) is 3.36. The van der Waals surface area contributed by atoms with Gasteiger partial charge in [-0.2, -0.15) is 10.2 Å². The molecule has 0 spiro atoms. The van der Waals surface area contributed by atoms with Crippen molar-refractivity contribution >= 4 is 35.4 Å². The molecule has 2 unspecified atom stereocenters. The molecule has 10 heteroatoms. The van der Waals surface area contributed by atoms with Crippen LogP contribution in [0.1, 0.15) is 13.8 Å². The molecule has 0 aromatic rings. The summed E-state index contributed by atoms with van der Waals surface area (Å²) < 4.78 is 12.9. The number of amidine groups is 2. The first-order chi connectivity index (χ1) is 8.45. The summed E-state index contributed by atoms with van der Waals surface area (Å²) in [6, 6.07) is 0. The maximum absolute atomic E-state index is 7.11. The van der Waals surface area contributed by atoms with Crippen molar-refractivity contribution in [1.29, 1.82) is 10.8 Å². The van der Waals surface area contributed by atoms with Crippen LogP contribution in [0.2, 0.25) is 0 Å². The number of hydrogen-bond donors (Lipinski definition) is 6. The fourth-order valence-electron chi connectivity index (χ4n) is 0.557. The normalized spacial score (nSPS) is 12.6. The van der Waals surface area contributed by atoms with Crippen LogP contribution in [0.3, 0.4) is 0 Å². The van der Waals surface area contributed by atoms with E-state index in [9.17, 15) is 0 Å². The highest BCUT2D eigenvalue weighted by atomic mass is 35.5. The van der Waals surface area contributed by atoms with Gasteiger partial charge in [0, 0.05) is 11.8 Å². The van der Waals surface area contributed by atoms with Crippen LogP contribution in [0.25, 0.3) is 0 Å². The van der Waals surface area contributed by atoms with E-state index in [1.54, 1.807) is 0 Å². The minimum absolute atomic E-state index is 0.0774. The Morgan fingerprint density at radius 1 is 0.944 bits per heavy atom. The van der Waals surface area contributed by atoms with Gasteiger partial charge in [0.1, 0.15) is 0 Å². The number of halogens is 2. The second kappa shape index (κ2) is 16.0. The molecule has 0 aromatic carbocycles. The molecule has 108 valence electrons. The molecule has 0 aromatic heterocycles. The fourth-order valence-corrected chi connectivity index (χ4v) is 0.557. The second-order valence-corrected chi connectivity index (χ2v) is 3.36. The molecule has 0 bridgehead atoms. The van der Waals surface area contributed by atoms with Crippen LogP contribution in [-0.2, 0) is 0 Å². The van der Waals surface area contributed by atoms with Gasteiger partial charge in [-0.25, -0.2) is 0 Å². The van der Waals surface area contributed by atoms with E-state index in [1.165, 1.54) is 0 Å². The number of nitrogens with one attached hydrogen (secondary N) is 2. The lowest BCUT2D eigenvalue weighted by Gasteiger charge is -2.05. The number of nitrogens with zero attached hydrogens (tertiary/aromatic N) is 2. The zero-order chi connectivity index (χ0) is 15.1. The van der Waals surface area contributed by atoms with E-state index in [0.29, 0.717) is 13.1 Å². The number of nitrogens with two attached hydrogens (primary N) is 2. The van der Waals surface area contributed by atoms with Crippen LogP contribution in [0.4, 0.5) is 0 Å². The molecule has 18 heavy (non-hydrogen) atoms. The molecule has 0 heterocycles. The highest BCUT2D eigenvalue weighted by Crippen LogP contribution is 1.97. The Labute approximate surface area is 116 Å². The van der Waals surface area contributed by atoms with Gasteiger partial charge < -0.3 is 11.5 Å². The van der Waals surface area contributed by atoms with Crippen LogP contribution >= 0.6 is 23.7 Å². The number of hydrogen-bond acceptors (Lipinski definition) is 6. The minimum Gasteiger partial charge on any atom is -0.387 e. The Bertz CT molecular complexity index is 228. The molecule has 0 aliphatic carbocycles. The molecular formula is C8H20Cl2N6O2. The Morgan fingerprint density at radius 3 is 1.33 bits per heavy atom. The maximum Gasteiger partial charge on any atom is 0.0953 e. The molecule has 8 N–H and O–H groups in total. The van der Waals surface area contributed by atoms with Crippen molar-refractivity contribution < 1.29 is 9.32 Å². The summed E-state index contributed by atoms with van der Waals surface area (Å²) >= 11 is 7.28. The lowest BCUT2D eigenvalue weighted by Crippen LogP contribution is -2.23. The Morgan fingerprint density at radius 2 is 1.17 bits per heavy atom. The van der Waals surface area contributed by atoms with E-state index in [0.717, 1.165) is 0 Å². The Hall–Kier alpha value is -0.960. The van der Waals surface area contributed by atoms with Gasteiger partial charge in [0.15, 0.2) is 0 Å². The summed E-state index contributed by atoms with van der Waals surface area (Å²) in [6.45, 7) is 4.46. The summed E-state index contributed by atoms with van der Waals surface area (Å²) in [5, 5.41) is 22.0. The third kappa shape index (κ3) is 15.0. The fraction of sp³-hybridized carbons (Fsp3) is 0.750. The molecule has 0 rings (SSSR count). The zero-order valence-electron chi connectivity index (χ0n) is 10.3. The molecule has 0 radical (unpaired) electrons. The van der Waals surface area contributed by atoms with Crippen molar-refractivity contribution in [3.8, 4) is 0 Å². The van der Waals surface area contributed by atoms with Crippen LogP contribution < -0.4 is 11.5 Å². The van der Waals surface area contributed by atoms with E-state index >= 15 is 0 Å². The van der Waals surface area contributed by atoms with Gasteiger partial charge in [0.2, 0.25) is 0 Å². The van der Waals surface area contributed by atoms with Crippen molar-refractivity contribution in [3.63, 3.8) is 0 Å². The van der Waals surface area contributed by atoms with Crippen molar-refractivity contribution in [2.24, 2.45) is 33.5 Å². The van der Waals surface area contributed by atoms with Crippen LogP contribution in [0.5, 0.6) is 0 Å². The van der Waals surface area contributed by atoms with E-state index in [-0.39, 0.29) is 23.5 Å². The van der Waals surface area contributed by atoms with Crippen molar-refractivity contribution in [3.05, 3.63) is 0 Å². The van der Waals surface area contributed by atoms with Gasteiger partial charge in [-0.15, -0.1) is 0 Å². The van der Waals surface area contributed by atoms with Gasteiger partial charge >= 0.3 is 0 Å². The predicted octanol–water partition coefficient (Wildman–Crippen LogP) is 0.848. The van der Waals surface area contributed by atoms with E-state index in [4.69, 9.17) is 31.6 Å². The molecule has 0 aliphatic rings. The summed E-state index contributed by atoms with van der Waals surface area (Å²) in [4.78, 5) is 0. The van der Waals surface area contributed by atoms with Gasteiger partial charge in [-0.05, 0) is 0 Å². The maximum atomic E-state index is 7.11. The van der Waals surface area contributed by atoms with E-state index < -0.39 is 0 Å². The van der Waals surface area contributed by atoms with Crippen LogP contribution in [0.15, 0.2) is 10.2 Å². The topological polar surface area (TPSA) is 165 Å². The lowest BCUT2D eigenvalue weighted by molar-refractivity contribution is 0.632. The quantitative estimate of drug-likeness (QED) is 0.243. The SMILES string of the molecule is CC(CN=NCC(C)C(=N)N)C(=N)N.OCl.OCl. The Balaban J connectivity index is -0.000000506. The van der Waals surface area contributed by atoms with Gasteiger partial charge in [0.25, 0.3) is 0 Å². The monoisotopic (exact) mass is 302 g/mol. The van der Waals surface area contributed by atoms with Crippen molar-refractivity contribution in [1.82, 2.24) is 0 Å². The predicted molar refractivity (Wildman–Crippen MR) is 72.9 cm³/mol. The van der Waals surface area contributed by atoms with Gasteiger partial charge in [-0.1, -0.05) is 13.8 Å². The van der Waals surface area contributed by atoms with Crippen LogP contribution in [-0.4, -0.2) is 34.1 Å². The lowest BCUT2D eigenvalue weighted by atomic mass is 10.1. The molecule has 8 nitrogen and oxygen atoms in total. The van der Waals surface area contributed by atoms with Crippen molar-refractivity contribution in [2.45, 2.75) is 13.8 Å². The van der Waals surface area contributed by atoms with Gasteiger partial charge in [-0.3, -0.25) is 20.1 Å². The van der Waals surface area contributed by atoms with E-state index in [1.807, 2.05) is 13.8 Å². The average Bonchev–Trinajstić information content (AvgIpc) is 2.38. The first-order valence-electron chi connectivity index (χ1n) is 4.80. The average molecular weight is 303 g/mol. The summed E-state index contributed by atoms with van der Waals surface area (Å²) in [5.74, 6) is 0.0740. The van der Waals surface area contributed by atoms with E-state index in [2.05, 4.69) is 34.0 Å². The smallest absolute Gasteiger partial charge is 0.0953 e. The highest BCUT2D eigenvalue weighted by Gasteiger charge is 2.05. The molecule has 0 amide bonds. The third-order valence-corrected chi connectivity index (χ3v) is 1.87. The highest BCUT2D eigenvalue weighted by molar-refractivity contribution is 6.05. The molecule has 0 saturated carbocycles. The van der Waals surface area contributed by atoms with Crippen molar-refractivity contribution in [2.75, 3.05) is 13.1 Å². The molecule has 0 saturated heterocycles. The number of azo groups is 1. The zero-order valence-corrected chi connectivity index (χ0v) is 11.8. The molecular weight excluding hydrogens is 283 g/mol. The summed E-state index contributed by atoms with van der Waals surface area (Å²) in [7, 11) is 0. The molecule has 0 aliphatic heterocycles. The third-order valence-electron chi connectivity index (χ3n) is 1.87. The first kappa shape index (κ1) is 22.2. The Kier molecular flexibility index (Phi) is 19.8. The number of rotatable bonds is 6. The van der Waals surface area contributed by atoms with Gasteiger partial charge in [0.05, 0.1) is 48.5 Å². The summed E-state index contributed by atoms with van der Waals surface area (Å²) in [6.07, 6.45) is 0. The molecule has 0 fully saturated rings. The molecule has 2 atom stereocenters.